The van der Waals surface area contributed by atoms with Gasteiger partial charge in [-0.25, -0.2) is 0 Å². The molecule has 0 aromatic rings. The molecule has 118 valence electrons. The second-order valence-electron chi connectivity index (χ2n) is 6.84. The van der Waals surface area contributed by atoms with Gasteiger partial charge in [-0.2, -0.15) is 0 Å². The second kappa shape index (κ2) is 9.38. The van der Waals surface area contributed by atoms with Gasteiger partial charge in [0.2, 0.25) is 0 Å². The molecule has 0 unspecified atom stereocenters. The fourth-order valence-electron chi connectivity index (χ4n) is 3.08. The summed E-state index contributed by atoms with van der Waals surface area (Å²) < 4.78 is 0. The fourth-order valence-corrected chi connectivity index (χ4v) is 3.08. The average Bonchev–Trinajstić information content (AvgIpc) is 2.38. The molecule has 0 aromatic heterocycles. The minimum atomic E-state index is -0.677. The Kier molecular flexibility index (Phi) is 8.20. The van der Waals surface area contributed by atoms with E-state index in [0.29, 0.717) is 5.92 Å². The zero-order chi connectivity index (χ0) is 14.8. The van der Waals surface area contributed by atoms with Crippen LogP contribution in [-0.4, -0.2) is 23.2 Å². The third-order valence-corrected chi connectivity index (χ3v) is 4.47. The van der Waals surface area contributed by atoms with Crippen molar-refractivity contribution in [2.45, 2.75) is 90.0 Å². The van der Waals surface area contributed by atoms with Crippen LogP contribution in [0.5, 0.6) is 0 Å². The first-order valence-electron chi connectivity index (χ1n) is 8.55. The number of aliphatic carboxylic acids is 1. The van der Waals surface area contributed by atoms with Crippen LogP contribution in [0.1, 0.15) is 84.5 Å². The second-order valence-corrected chi connectivity index (χ2v) is 6.84. The predicted molar refractivity (Wildman–Crippen MR) is 84.0 cm³/mol. The highest BCUT2D eigenvalue weighted by Crippen LogP contribution is 2.25. The standard InChI is InChI=1S/C17H33NO2/c1-15(2)14-18-17(16(19)20)12-10-8-6-4-3-5-7-9-11-13-17/h15,18H,3-14H2,1-2H3,(H,19,20). The fraction of sp³-hybridized carbons (Fsp3) is 0.941. The zero-order valence-electron chi connectivity index (χ0n) is 13.4. The van der Waals surface area contributed by atoms with Crippen molar-refractivity contribution in [3.8, 4) is 0 Å². The van der Waals surface area contributed by atoms with Crippen LogP contribution in [0.2, 0.25) is 0 Å². The van der Waals surface area contributed by atoms with Crippen molar-refractivity contribution in [1.29, 1.82) is 0 Å². The highest BCUT2D eigenvalue weighted by molar-refractivity contribution is 5.78. The molecule has 0 aromatic carbocycles. The van der Waals surface area contributed by atoms with E-state index in [0.717, 1.165) is 32.2 Å². The maximum atomic E-state index is 11.8. The van der Waals surface area contributed by atoms with E-state index in [-0.39, 0.29) is 0 Å². The molecule has 1 aliphatic carbocycles. The van der Waals surface area contributed by atoms with Crippen molar-refractivity contribution in [3.63, 3.8) is 0 Å². The Morgan fingerprint density at radius 2 is 1.35 bits per heavy atom. The molecule has 0 saturated heterocycles. The summed E-state index contributed by atoms with van der Waals surface area (Å²) in [7, 11) is 0. The van der Waals surface area contributed by atoms with Gasteiger partial charge in [-0.3, -0.25) is 4.79 Å². The molecule has 0 bridgehead atoms. The normalized spacial score (nSPS) is 21.9. The van der Waals surface area contributed by atoms with Crippen LogP contribution < -0.4 is 5.32 Å². The van der Waals surface area contributed by atoms with Crippen LogP contribution in [0.4, 0.5) is 0 Å². The summed E-state index contributed by atoms with van der Waals surface area (Å²) in [5.41, 5.74) is -0.677. The van der Waals surface area contributed by atoms with Crippen molar-refractivity contribution >= 4 is 5.97 Å². The summed E-state index contributed by atoms with van der Waals surface area (Å²) in [6, 6.07) is 0. The van der Waals surface area contributed by atoms with E-state index in [1.54, 1.807) is 0 Å². The molecular formula is C17H33NO2. The van der Waals surface area contributed by atoms with Crippen molar-refractivity contribution in [3.05, 3.63) is 0 Å². The number of hydrogen-bond acceptors (Lipinski definition) is 2. The van der Waals surface area contributed by atoms with Crippen LogP contribution in [-0.2, 0) is 4.79 Å². The van der Waals surface area contributed by atoms with Gasteiger partial charge in [-0.05, 0) is 25.3 Å². The molecule has 1 aliphatic rings. The van der Waals surface area contributed by atoms with Gasteiger partial charge in [-0.15, -0.1) is 0 Å². The highest BCUT2D eigenvalue weighted by Gasteiger charge is 2.36. The largest absolute Gasteiger partial charge is 0.480 e. The van der Waals surface area contributed by atoms with Gasteiger partial charge >= 0.3 is 5.97 Å². The van der Waals surface area contributed by atoms with E-state index in [1.165, 1.54) is 44.9 Å². The molecular weight excluding hydrogens is 250 g/mol. The van der Waals surface area contributed by atoms with E-state index in [4.69, 9.17) is 0 Å². The van der Waals surface area contributed by atoms with Crippen LogP contribution in [0, 0.1) is 5.92 Å². The van der Waals surface area contributed by atoms with E-state index in [2.05, 4.69) is 19.2 Å². The van der Waals surface area contributed by atoms with E-state index >= 15 is 0 Å². The quantitative estimate of drug-likeness (QED) is 0.806. The highest BCUT2D eigenvalue weighted by atomic mass is 16.4. The Morgan fingerprint density at radius 1 is 0.950 bits per heavy atom. The number of rotatable bonds is 4. The summed E-state index contributed by atoms with van der Waals surface area (Å²) in [5.74, 6) is -0.150. The van der Waals surface area contributed by atoms with Crippen LogP contribution >= 0.6 is 0 Å². The first-order valence-corrected chi connectivity index (χ1v) is 8.55. The summed E-state index contributed by atoms with van der Waals surface area (Å²) in [5, 5.41) is 13.1. The van der Waals surface area contributed by atoms with Gasteiger partial charge in [0, 0.05) is 0 Å². The number of carbonyl (C=O) groups is 1. The van der Waals surface area contributed by atoms with Crippen LogP contribution in [0.25, 0.3) is 0 Å². The van der Waals surface area contributed by atoms with E-state index < -0.39 is 11.5 Å². The Balaban J connectivity index is 2.64. The van der Waals surface area contributed by atoms with Crippen LogP contribution in [0.15, 0.2) is 0 Å². The Bertz CT molecular complexity index is 264. The summed E-state index contributed by atoms with van der Waals surface area (Å²) in [4.78, 5) is 11.8. The molecule has 0 atom stereocenters. The molecule has 3 heteroatoms. The molecule has 0 heterocycles. The molecule has 1 fully saturated rings. The van der Waals surface area contributed by atoms with Crippen molar-refractivity contribution in [2.75, 3.05) is 6.54 Å². The number of carboxylic acids is 1. The van der Waals surface area contributed by atoms with Crippen molar-refractivity contribution < 1.29 is 9.90 Å². The number of carboxylic acid groups (broad SMARTS) is 1. The first kappa shape index (κ1) is 17.5. The topological polar surface area (TPSA) is 49.3 Å². The molecule has 0 spiro atoms. The Morgan fingerprint density at radius 3 is 1.70 bits per heavy atom. The smallest absolute Gasteiger partial charge is 0.323 e. The molecule has 0 amide bonds. The lowest BCUT2D eigenvalue weighted by Gasteiger charge is -2.32. The summed E-state index contributed by atoms with van der Waals surface area (Å²) in [6.07, 6.45) is 12.5. The van der Waals surface area contributed by atoms with Gasteiger partial charge < -0.3 is 10.4 Å². The van der Waals surface area contributed by atoms with E-state index in [9.17, 15) is 9.90 Å². The average molecular weight is 283 g/mol. The molecule has 1 rings (SSSR count). The lowest BCUT2D eigenvalue weighted by Crippen LogP contribution is -2.53. The van der Waals surface area contributed by atoms with Gasteiger partial charge in [-0.1, -0.05) is 71.6 Å². The predicted octanol–water partition coefficient (Wildman–Crippen LogP) is 4.36. The van der Waals surface area contributed by atoms with E-state index in [1.807, 2.05) is 0 Å². The molecule has 1 saturated carbocycles. The minimum absolute atomic E-state index is 0.493. The molecule has 3 nitrogen and oxygen atoms in total. The minimum Gasteiger partial charge on any atom is -0.480 e. The third-order valence-electron chi connectivity index (χ3n) is 4.47. The van der Waals surface area contributed by atoms with Gasteiger partial charge in [0.05, 0.1) is 0 Å². The molecule has 20 heavy (non-hydrogen) atoms. The van der Waals surface area contributed by atoms with Crippen molar-refractivity contribution in [2.24, 2.45) is 5.92 Å². The lowest BCUT2D eigenvalue weighted by molar-refractivity contribution is -0.145. The third kappa shape index (κ3) is 6.25. The van der Waals surface area contributed by atoms with Crippen molar-refractivity contribution in [1.82, 2.24) is 5.32 Å². The molecule has 2 N–H and O–H groups in total. The molecule has 0 radical (unpaired) electrons. The van der Waals surface area contributed by atoms with Crippen LogP contribution in [0.3, 0.4) is 0 Å². The summed E-state index contributed by atoms with van der Waals surface area (Å²) >= 11 is 0. The lowest BCUT2D eigenvalue weighted by atomic mass is 9.85. The summed E-state index contributed by atoms with van der Waals surface area (Å²) in [6.45, 7) is 5.07. The number of hydrogen-bond donors (Lipinski definition) is 2. The number of nitrogens with one attached hydrogen (secondary N) is 1. The van der Waals surface area contributed by atoms with Gasteiger partial charge in [0.1, 0.15) is 5.54 Å². The maximum absolute atomic E-state index is 11.8. The SMILES string of the molecule is CC(C)CNC1(C(=O)O)CCCCCCCCCCC1. The van der Waals surface area contributed by atoms with Gasteiger partial charge in [0.25, 0.3) is 0 Å². The maximum Gasteiger partial charge on any atom is 0.323 e. The Hall–Kier alpha value is -0.570. The zero-order valence-corrected chi connectivity index (χ0v) is 13.4. The monoisotopic (exact) mass is 283 g/mol. The Labute approximate surface area is 124 Å². The molecule has 0 aliphatic heterocycles. The van der Waals surface area contributed by atoms with Gasteiger partial charge in [0.15, 0.2) is 0 Å². The first-order chi connectivity index (χ1) is 9.57.